The van der Waals surface area contributed by atoms with Gasteiger partial charge in [0.05, 0.1) is 0 Å². The third-order valence-electron chi connectivity index (χ3n) is 4.15. The quantitative estimate of drug-likeness (QED) is 0.745. The van der Waals surface area contributed by atoms with Gasteiger partial charge in [-0.2, -0.15) is 13.2 Å². The van der Waals surface area contributed by atoms with Crippen LogP contribution >= 0.6 is 11.6 Å². The zero-order valence-electron chi connectivity index (χ0n) is 14.2. The molecular weight excluding hydrogens is 381 g/mol. The van der Waals surface area contributed by atoms with Crippen LogP contribution in [0.15, 0.2) is 42.7 Å². The van der Waals surface area contributed by atoms with Crippen LogP contribution in [-0.2, 0) is 11.0 Å². The van der Waals surface area contributed by atoms with E-state index in [9.17, 15) is 18.0 Å². The molecule has 0 spiro atoms. The first-order valence-corrected chi connectivity index (χ1v) is 8.57. The van der Waals surface area contributed by atoms with Crippen LogP contribution in [0.5, 0.6) is 0 Å². The second-order valence-electron chi connectivity index (χ2n) is 5.96. The van der Waals surface area contributed by atoms with Crippen molar-refractivity contribution < 1.29 is 18.0 Å². The summed E-state index contributed by atoms with van der Waals surface area (Å²) < 4.78 is 38.3. The summed E-state index contributed by atoms with van der Waals surface area (Å²) in [6.45, 7) is 1.59. The van der Waals surface area contributed by atoms with Crippen LogP contribution in [0.4, 0.5) is 19.0 Å². The number of carbonyl (C=O) groups excluding carboxylic acids is 1. The van der Waals surface area contributed by atoms with Gasteiger partial charge >= 0.3 is 6.18 Å². The van der Waals surface area contributed by atoms with E-state index in [1.807, 2.05) is 0 Å². The summed E-state index contributed by atoms with van der Waals surface area (Å²) in [5.41, 5.74) is -0.121. The highest BCUT2D eigenvalue weighted by Crippen LogP contribution is 2.29. The molecule has 27 heavy (non-hydrogen) atoms. The normalized spacial score (nSPS) is 15.4. The van der Waals surface area contributed by atoms with Crippen LogP contribution in [0.3, 0.4) is 0 Å². The number of anilines is 1. The number of piperazine rings is 1. The highest BCUT2D eigenvalue weighted by atomic mass is 35.5. The predicted molar refractivity (Wildman–Crippen MR) is 96.3 cm³/mol. The summed E-state index contributed by atoms with van der Waals surface area (Å²) in [5, 5.41) is 0.619. The molecule has 1 aromatic heterocycles. The fraction of sp³-hybridized carbons (Fsp3) is 0.278. The SMILES string of the molecule is O=C(/C=C/c1ccc(Cl)cc1)N1CCN(c2cc(C(F)(F)F)ncn2)CC1. The Kier molecular flexibility index (Phi) is 5.65. The lowest BCUT2D eigenvalue weighted by molar-refractivity contribution is -0.141. The molecule has 0 atom stereocenters. The smallest absolute Gasteiger partial charge is 0.353 e. The number of nitrogens with zero attached hydrogens (tertiary/aromatic N) is 4. The van der Waals surface area contributed by atoms with Crippen LogP contribution < -0.4 is 4.90 Å². The second kappa shape index (κ2) is 7.96. The number of rotatable bonds is 3. The first-order valence-electron chi connectivity index (χ1n) is 8.20. The molecule has 0 N–H and O–H groups in total. The first-order chi connectivity index (χ1) is 12.8. The van der Waals surface area contributed by atoms with Gasteiger partial charge in [0.25, 0.3) is 0 Å². The Morgan fingerprint density at radius 1 is 1.07 bits per heavy atom. The predicted octanol–water partition coefficient (Wildman–Crippen LogP) is 3.51. The molecule has 0 aliphatic carbocycles. The van der Waals surface area contributed by atoms with E-state index in [2.05, 4.69) is 9.97 Å². The minimum Gasteiger partial charge on any atom is -0.353 e. The summed E-state index contributed by atoms with van der Waals surface area (Å²) in [6, 6.07) is 8.01. The van der Waals surface area contributed by atoms with E-state index in [0.29, 0.717) is 31.2 Å². The van der Waals surface area contributed by atoms with Crippen molar-refractivity contribution in [1.29, 1.82) is 0 Å². The van der Waals surface area contributed by atoms with Gasteiger partial charge < -0.3 is 9.80 Å². The van der Waals surface area contributed by atoms with Gasteiger partial charge in [0.15, 0.2) is 0 Å². The Balaban J connectivity index is 1.58. The third-order valence-corrected chi connectivity index (χ3v) is 4.40. The van der Waals surface area contributed by atoms with Crippen molar-refractivity contribution in [1.82, 2.24) is 14.9 Å². The third kappa shape index (κ3) is 4.97. The van der Waals surface area contributed by atoms with Crippen LogP contribution in [0.25, 0.3) is 6.08 Å². The molecule has 2 aromatic rings. The van der Waals surface area contributed by atoms with Gasteiger partial charge in [0, 0.05) is 43.3 Å². The van der Waals surface area contributed by atoms with Crippen molar-refractivity contribution in [3.63, 3.8) is 0 Å². The molecule has 1 aliphatic rings. The van der Waals surface area contributed by atoms with Crippen molar-refractivity contribution in [2.75, 3.05) is 31.1 Å². The van der Waals surface area contributed by atoms with Gasteiger partial charge in [0.1, 0.15) is 17.8 Å². The minimum atomic E-state index is -4.51. The van der Waals surface area contributed by atoms with Gasteiger partial charge in [-0.25, -0.2) is 9.97 Å². The molecule has 1 saturated heterocycles. The van der Waals surface area contributed by atoms with E-state index in [-0.39, 0.29) is 11.7 Å². The molecule has 0 unspecified atom stereocenters. The summed E-state index contributed by atoms with van der Waals surface area (Å²) in [5.74, 6) is 0.0596. The number of halogens is 4. The maximum absolute atomic E-state index is 12.8. The monoisotopic (exact) mass is 396 g/mol. The molecule has 142 valence electrons. The number of aromatic nitrogens is 2. The average molecular weight is 397 g/mol. The van der Waals surface area contributed by atoms with Crippen molar-refractivity contribution in [2.24, 2.45) is 0 Å². The largest absolute Gasteiger partial charge is 0.433 e. The molecule has 5 nitrogen and oxygen atoms in total. The Morgan fingerprint density at radius 2 is 1.74 bits per heavy atom. The summed E-state index contributed by atoms with van der Waals surface area (Å²) in [7, 11) is 0. The summed E-state index contributed by atoms with van der Waals surface area (Å²) in [6.07, 6.45) is -0.428. The van der Waals surface area contributed by atoms with E-state index in [1.165, 1.54) is 6.08 Å². The van der Waals surface area contributed by atoms with Crippen LogP contribution in [0.1, 0.15) is 11.3 Å². The molecule has 1 aliphatic heterocycles. The van der Waals surface area contributed by atoms with Crippen molar-refractivity contribution in [3.8, 4) is 0 Å². The number of amides is 1. The van der Waals surface area contributed by atoms with Crippen molar-refractivity contribution in [3.05, 3.63) is 59.0 Å². The van der Waals surface area contributed by atoms with E-state index >= 15 is 0 Å². The van der Waals surface area contributed by atoms with Gasteiger partial charge in [-0.1, -0.05) is 23.7 Å². The van der Waals surface area contributed by atoms with Crippen LogP contribution in [0.2, 0.25) is 5.02 Å². The number of alkyl halides is 3. The van der Waals surface area contributed by atoms with Gasteiger partial charge in [-0.05, 0) is 23.8 Å². The molecule has 0 saturated carbocycles. The number of benzene rings is 1. The molecule has 0 radical (unpaired) electrons. The molecule has 1 aromatic carbocycles. The Bertz CT molecular complexity index is 831. The number of carbonyl (C=O) groups is 1. The van der Waals surface area contributed by atoms with E-state index in [0.717, 1.165) is 18.0 Å². The number of hydrogen-bond acceptors (Lipinski definition) is 4. The minimum absolute atomic E-state index is 0.150. The highest BCUT2D eigenvalue weighted by Gasteiger charge is 2.33. The Hall–Kier alpha value is -2.61. The topological polar surface area (TPSA) is 49.3 Å². The lowest BCUT2D eigenvalue weighted by Crippen LogP contribution is -2.48. The average Bonchev–Trinajstić information content (AvgIpc) is 2.67. The number of hydrogen-bond donors (Lipinski definition) is 0. The first kappa shape index (κ1) is 19.2. The molecule has 0 bridgehead atoms. The highest BCUT2D eigenvalue weighted by molar-refractivity contribution is 6.30. The fourth-order valence-electron chi connectivity index (χ4n) is 2.68. The Labute approximate surface area is 159 Å². The van der Waals surface area contributed by atoms with E-state index in [4.69, 9.17) is 11.6 Å². The molecule has 1 fully saturated rings. The van der Waals surface area contributed by atoms with Crippen molar-refractivity contribution in [2.45, 2.75) is 6.18 Å². The van der Waals surface area contributed by atoms with E-state index < -0.39 is 11.9 Å². The zero-order chi connectivity index (χ0) is 19.4. The molecule has 3 rings (SSSR count). The lowest BCUT2D eigenvalue weighted by Gasteiger charge is -2.35. The molecular formula is C18H16ClF3N4O. The Morgan fingerprint density at radius 3 is 2.37 bits per heavy atom. The van der Waals surface area contributed by atoms with Gasteiger partial charge in [-0.15, -0.1) is 0 Å². The van der Waals surface area contributed by atoms with Crippen LogP contribution in [-0.4, -0.2) is 47.0 Å². The maximum atomic E-state index is 12.8. The summed E-state index contributed by atoms with van der Waals surface area (Å²) in [4.78, 5) is 22.8. The molecule has 9 heteroatoms. The zero-order valence-corrected chi connectivity index (χ0v) is 14.9. The standard InChI is InChI=1S/C18H16ClF3N4O/c19-14-4-1-13(2-5-14)3-6-17(27)26-9-7-25(8-10-26)16-11-15(18(20,21)22)23-12-24-16/h1-6,11-12H,7-10H2/b6-3+. The van der Waals surface area contributed by atoms with E-state index in [1.54, 1.807) is 40.1 Å². The summed E-state index contributed by atoms with van der Waals surface area (Å²) >= 11 is 5.82. The van der Waals surface area contributed by atoms with Gasteiger partial charge in [0.2, 0.25) is 5.91 Å². The molecule has 1 amide bonds. The lowest BCUT2D eigenvalue weighted by atomic mass is 10.2. The van der Waals surface area contributed by atoms with Crippen LogP contribution in [0, 0.1) is 0 Å². The second-order valence-corrected chi connectivity index (χ2v) is 6.39. The fourth-order valence-corrected chi connectivity index (χ4v) is 2.80. The van der Waals surface area contributed by atoms with Crippen molar-refractivity contribution >= 4 is 29.4 Å². The maximum Gasteiger partial charge on any atom is 0.433 e. The molecule has 2 heterocycles. The van der Waals surface area contributed by atoms with Gasteiger partial charge in [-0.3, -0.25) is 4.79 Å².